The number of carbonyl (C=O) groups excluding carboxylic acids is 1. The van der Waals surface area contributed by atoms with E-state index in [0.29, 0.717) is 33.6 Å². The van der Waals surface area contributed by atoms with Gasteiger partial charge in [0, 0.05) is 24.1 Å². The Morgan fingerprint density at radius 3 is 2.60 bits per heavy atom. The lowest BCUT2D eigenvalue weighted by Gasteiger charge is -2.16. The Hall–Kier alpha value is -2.98. The summed E-state index contributed by atoms with van der Waals surface area (Å²) in [7, 11) is 2.07. The van der Waals surface area contributed by atoms with E-state index in [1.165, 1.54) is 0 Å². The molecule has 3 rings (SSSR count). The van der Waals surface area contributed by atoms with Crippen LogP contribution in [0.5, 0.6) is 5.75 Å². The number of aromatic nitrogens is 2. The Bertz CT molecular complexity index is 1160. The van der Waals surface area contributed by atoms with Crippen LogP contribution in [0.2, 0.25) is 5.02 Å². The zero-order valence-corrected chi connectivity index (χ0v) is 21.0. The van der Waals surface area contributed by atoms with Crippen molar-refractivity contribution in [1.82, 2.24) is 15.0 Å². The fraction of sp³-hybridized carbons (Fsp3) is 0.400. The maximum absolute atomic E-state index is 10.9. The molecule has 4 N–H and O–H groups in total. The molecule has 1 amide bonds. The molecule has 3 aromatic rings. The standard InChI is InChI=1S/C25H31ClN4O5/c1-5-30(4)12-16-6-14(2)7-18(9-16)25-28-24(29-35-25)17-8-15(3)22(20(26)10-17)34-13-19(31)11-21(32)23(27)33/h6-10,19,21,31-32H,5,11-13H2,1-4H3,(H2,27,33)/t19-,21?/m0/s1. The molecule has 0 spiro atoms. The molecule has 0 aliphatic rings. The van der Waals surface area contributed by atoms with Gasteiger partial charge >= 0.3 is 0 Å². The first kappa shape index (κ1) is 26.6. The van der Waals surface area contributed by atoms with Crippen LogP contribution >= 0.6 is 11.6 Å². The molecule has 1 unspecified atom stereocenters. The van der Waals surface area contributed by atoms with E-state index in [1.54, 1.807) is 19.1 Å². The number of aryl methyl sites for hydroxylation is 2. The Labute approximate surface area is 209 Å². The normalized spacial score (nSPS) is 13.1. The predicted molar refractivity (Wildman–Crippen MR) is 133 cm³/mol. The lowest BCUT2D eigenvalue weighted by Crippen LogP contribution is -2.33. The van der Waals surface area contributed by atoms with Gasteiger partial charge in [-0.2, -0.15) is 4.98 Å². The minimum atomic E-state index is -1.45. The summed E-state index contributed by atoms with van der Waals surface area (Å²) in [5.74, 6) is 0.261. The first-order chi connectivity index (χ1) is 16.6. The molecule has 10 heteroatoms. The number of rotatable bonds is 11. The summed E-state index contributed by atoms with van der Waals surface area (Å²) < 4.78 is 11.2. The minimum Gasteiger partial charge on any atom is -0.489 e. The zero-order chi connectivity index (χ0) is 25.7. The molecule has 9 nitrogen and oxygen atoms in total. The molecule has 2 aromatic carbocycles. The first-order valence-corrected chi connectivity index (χ1v) is 11.7. The molecule has 1 heterocycles. The topological polar surface area (TPSA) is 135 Å². The van der Waals surface area contributed by atoms with Crippen LogP contribution in [0.15, 0.2) is 34.9 Å². The highest BCUT2D eigenvalue weighted by Gasteiger charge is 2.19. The lowest BCUT2D eigenvalue weighted by atomic mass is 10.1. The molecular weight excluding hydrogens is 472 g/mol. The van der Waals surface area contributed by atoms with E-state index in [0.717, 1.165) is 29.8 Å². The van der Waals surface area contributed by atoms with Crippen molar-refractivity contribution in [3.05, 3.63) is 52.0 Å². The number of hydrogen-bond donors (Lipinski definition) is 3. The van der Waals surface area contributed by atoms with Gasteiger partial charge in [-0.25, -0.2) is 0 Å². The predicted octanol–water partition coefficient (Wildman–Crippen LogP) is 3.10. The minimum absolute atomic E-state index is 0.167. The van der Waals surface area contributed by atoms with Crippen LogP contribution in [0.25, 0.3) is 22.8 Å². The molecule has 35 heavy (non-hydrogen) atoms. The highest BCUT2D eigenvalue weighted by molar-refractivity contribution is 6.32. The van der Waals surface area contributed by atoms with E-state index in [9.17, 15) is 15.0 Å². The van der Waals surface area contributed by atoms with Crippen LogP contribution in [-0.2, 0) is 11.3 Å². The number of carbonyl (C=O) groups is 1. The largest absolute Gasteiger partial charge is 0.489 e. The summed E-state index contributed by atoms with van der Waals surface area (Å²) in [4.78, 5) is 17.7. The molecule has 2 atom stereocenters. The number of hydrogen-bond acceptors (Lipinski definition) is 8. The first-order valence-electron chi connectivity index (χ1n) is 11.3. The van der Waals surface area contributed by atoms with E-state index >= 15 is 0 Å². The molecule has 0 bridgehead atoms. The monoisotopic (exact) mass is 502 g/mol. The number of amides is 1. The van der Waals surface area contributed by atoms with E-state index in [2.05, 4.69) is 35.1 Å². The Morgan fingerprint density at radius 2 is 1.94 bits per heavy atom. The van der Waals surface area contributed by atoms with Crippen molar-refractivity contribution in [1.29, 1.82) is 0 Å². The molecule has 0 radical (unpaired) electrons. The Balaban J connectivity index is 1.77. The average Bonchev–Trinajstić information content (AvgIpc) is 3.28. The van der Waals surface area contributed by atoms with Gasteiger partial charge in [-0.1, -0.05) is 35.3 Å². The summed E-state index contributed by atoms with van der Waals surface area (Å²) in [6.07, 6.45) is -2.77. The van der Waals surface area contributed by atoms with Gasteiger partial charge in [0.1, 0.15) is 18.5 Å². The van der Waals surface area contributed by atoms with E-state index in [1.807, 2.05) is 19.1 Å². The number of halogens is 1. The second-order valence-corrected chi connectivity index (χ2v) is 9.09. The second-order valence-electron chi connectivity index (χ2n) is 8.68. The lowest BCUT2D eigenvalue weighted by molar-refractivity contribution is -0.127. The molecule has 188 valence electrons. The maximum atomic E-state index is 10.9. The van der Waals surface area contributed by atoms with E-state index in [-0.39, 0.29) is 13.0 Å². The summed E-state index contributed by atoms with van der Waals surface area (Å²) >= 11 is 6.43. The molecule has 0 aliphatic carbocycles. The van der Waals surface area contributed by atoms with Crippen LogP contribution in [0, 0.1) is 13.8 Å². The average molecular weight is 503 g/mol. The highest BCUT2D eigenvalue weighted by Crippen LogP contribution is 2.34. The van der Waals surface area contributed by atoms with Crippen molar-refractivity contribution in [2.75, 3.05) is 20.2 Å². The van der Waals surface area contributed by atoms with Gasteiger partial charge < -0.3 is 30.1 Å². The quantitative estimate of drug-likeness (QED) is 0.364. The van der Waals surface area contributed by atoms with Crippen molar-refractivity contribution in [3.8, 4) is 28.6 Å². The van der Waals surface area contributed by atoms with Gasteiger partial charge in [0.05, 0.1) is 11.1 Å². The molecule has 1 aromatic heterocycles. The van der Waals surface area contributed by atoms with E-state index < -0.39 is 18.1 Å². The van der Waals surface area contributed by atoms with Crippen molar-refractivity contribution in [2.45, 2.75) is 45.9 Å². The van der Waals surface area contributed by atoms with Gasteiger partial charge in [-0.15, -0.1) is 0 Å². The number of aliphatic hydroxyl groups excluding tert-OH is 2. The fourth-order valence-corrected chi connectivity index (χ4v) is 3.94. The molecule has 0 saturated carbocycles. The van der Waals surface area contributed by atoms with Crippen LogP contribution < -0.4 is 10.5 Å². The summed E-state index contributed by atoms with van der Waals surface area (Å²) in [5, 5.41) is 23.9. The van der Waals surface area contributed by atoms with Gasteiger partial charge in [-0.3, -0.25) is 4.79 Å². The summed E-state index contributed by atoms with van der Waals surface area (Å²) in [6, 6.07) is 9.65. The van der Waals surface area contributed by atoms with Gasteiger partial charge in [0.15, 0.2) is 0 Å². The van der Waals surface area contributed by atoms with Crippen molar-refractivity contribution >= 4 is 17.5 Å². The third kappa shape index (κ3) is 7.02. The number of nitrogens with zero attached hydrogens (tertiary/aromatic N) is 3. The number of nitrogens with two attached hydrogens (primary N) is 1. The Morgan fingerprint density at radius 1 is 1.20 bits per heavy atom. The van der Waals surface area contributed by atoms with Crippen molar-refractivity contribution in [2.24, 2.45) is 5.73 Å². The summed E-state index contributed by atoms with van der Waals surface area (Å²) in [6.45, 7) is 7.54. The van der Waals surface area contributed by atoms with Crippen LogP contribution in [0.3, 0.4) is 0 Å². The molecule has 0 fully saturated rings. The smallest absolute Gasteiger partial charge is 0.258 e. The summed E-state index contributed by atoms with van der Waals surface area (Å²) in [5.41, 5.74) is 9.47. The SMILES string of the molecule is CCN(C)Cc1cc(C)cc(-c2nc(-c3cc(C)c(OC[C@@H](O)CC(O)C(N)=O)c(Cl)c3)no2)c1. The fourth-order valence-electron chi connectivity index (χ4n) is 3.62. The second kappa shape index (κ2) is 11.6. The number of benzene rings is 2. The van der Waals surface area contributed by atoms with Gasteiger partial charge in [-0.05, 0) is 62.8 Å². The van der Waals surface area contributed by atoms with Gasteiger partial charge in [0.2, 0.25) is 11.7 Å². The third-order valence-electron chi connectivity index (χ3n) is 5.53. The number of ether oxygens (including phenoxy) is 1. The van der Waals surface area contributed by atoms with Crippen molar-refractivity contribution < 1.29 is 24.3 Å². The number of primary amides is 1. The maximum Gasteiger partial charge on any atom is 0.258 e. The number of aliphatic hydroxyl groups is 2. The zero-order valence-electron chi connectivity index (χ0n) is 20.3. The van der Waals surface area contributed by atoms with Crippen LogP contribution in [-0.4, -0.2) is 63.6 Å². The van der Waals surface area contributed by atoms with E-state index in [4.69, 9.17) is 26.6 Å². The van der Waals surface area contributed by atoms with Crippen LogP contribution in [0.4, 0.5) is 0 Å². The Kier molecular flexibility index (Phi) is 8.85. The highest BCUT2D eigenvalue weighted by atomic mass is 35.5. The van der Waals surface area contributed by atoms with Gasteiger partial charge in [0.25, 0.3) is 5.89 Å². The third-order valence-corrected chi connectivity index (χ3v) is 5.81. The van der Waals surface area contributed by atoms with Crippen molar-refractivity contribution in [3.63, 3.8) is 0 Å². The van der Waals surface area contributed by atoms with Crippen LogP contribution in [0.1, 0.15) is 30.0 Å². The molecule has 0 aliphatic heterocycles. The molecule has 0 saturated heterocycles. The molecular formula is C25H31ClN4O5.